The van der Waals surface area contributed by atoms with E-state index in [1.165, 1.54) is 35.7 Å². The number of nitrogens with zero attached hydrogens (tertiary/aromatic N) is 1. The Morgan fingerprint density at radius 1 is 1.59 bits per heavy atom. The highest BCUT2D eigenvalue weighted by atomic mass is 32.1. The lowest BCUT2D eigenvalue weighted by Crippen LogP contribution is -2.45. The molecule has 2 rings (SSSR count). The second-order valence-corrected chi connectivity index (χ2v) is 6.42. The van der Waals surface area contributed by atoms with Crippen LogP contribution in [0.25, 0.3) is 0 Å². The molecule has 0 amide bonds. The Balaban J connectivity index is 1.79. The van der Waals surface area contributed by atoms with Gasteiger partial charge in [0.1, 0.15) is 5.01 Å². The van der Waals surface area contributed by atoms with E-state index < -0.39 is 0 Å². The number of aryl methyl sites for hydroxylation is 1. The molecule has 1 saturated heterocycles. The Morgan fingerprint density at radius 2 is 2.47 bits per heavy atom. The maximum atomic E-state index is 4.39. The molecular formula is C13H23N3S. The smallest absolute Gasteiger partial charge is 0.107 e. The normalized spacial score (nSPS) is 25.1. The number of thiazole rings is 1. The molecule has 1 aromatic rings. The summed E-state index contributed by atoms with van der Waals surface area (Å²) < 4.78 is 0. The van der Waals surface area contributed by atoms with E-state index in [-0.39, 0.29) is 0 Å². The fourth-order valence-corrected chi connectivity index (χ4v) is 3.28. The van der Waals surface area contributed by atoms with Gasteiger partial charge in [0.15, 0.2) is 0 Å². The van der Waals surface area contributed by atoms with E-state index >= 15 is 0 Å². The van der Waals surface area contributed by atoms with Crippen molar-refractivity contribution in [2.24, 2.45) is 5.41 Å². The first kappa shape index (κ1) is 13.0. The van der Waals surface area contributed by atoms with Crippen molar-refractivity contribution in [3.05, 3.63) is 16.1 Å². The number of rotatable bonds is 5. The molecular weight excluding hydrogens is 230 g/mol. The van der Waals surface area contributed by atoms with Gasteiger partial charge in [-0.1, -0.05) is 6.92 Å². The van der Waals surface area contributed by atoms with Gasteiger partial charge < -0.3 is 10.6 Å². The molecule has 1 fully saturated rings. The highest BCUT2D eigenvalue weighted by Gasteiger charge is 2.29. The van der Waals surface area contributed by atoms with Crippen LogP contribution in [-0.4, -0.2) is 24.6 Å². The monoisotopic (exact) mass is 253 g/mol. The first-order valence-electron chi connectivity index (χ1n) is 6.57. The summed E-state index contributed by atoms with van der Waals surface area (Å²) in [6.07, 6.45) is 5.87. The van der Waals surface area contributed by atoms with Gasteiger partial charge in [-0.25, -0.2) is 4.98 Å². The van der Waals surface area contributed by atoms with Crippen LogP contribution in [0.1, 0.15) is 36.1 Å². The van der Waals surface area contributed by atoms with Crippen molar-refractivity contribution >= 4 is 11.3 Å². The maximum Gasteiger partial charge on any atom is 0.107 e. The van der Waals surface area contributed by atoms with Crippen molar-refractivity contribution in [3.63, 3.8) is 0 Å². The Morgan fingerprint density at radius 3 is 3.06 bits per heavy atom. The minimum Gasteiger partial charge on any atom is -0.316 e. The molecule has 0 aromatic carbocycles. The van der Waals surface area contributed by atoms with Gasteiger partial charge in [0.05, 0.1) is 0 Å². The summed E-state index contributed by atoms with van der Waals surface area (Å²) in [7, 11) is 0. The van der Waals surface area contributed by atoms with Gasteiger partial charge in [0.2, 0.25) is 0 Å². The van der Waals surface area contributed by atoms with Gasteiger partial charge in [0, 0.05) is 30.7 Å². The molecule has 0 radical (unpaired) electrons. The van der Waals surface area contributed by atoms with Gasteiger partial charge in [-0.05, 0) is 38.1 Å². The van der Waals surface area contributed by atoms with Crippen molar-refractivity contribution < 1.29 is 0 Å². The molecule has 0 saturated carbocycles. The second kappa shape index (κ2) is 5.94. The van der Waals surface area contributed by atoms with Crippen LogP contribution in [-0.2, 0) is 6.54 Å². The zero-order valence-corrected chi connectivity index (χ0v) is 11.7. The third-order valence-electron chi connectivity index (χ3n) is 3.76. The van der Waals surface area contributed by atoms with E-state index in [9.17, 15) is 0 Å². The molecule has 1 aliphatic heterocycles. The van der Waals surface area contributed by atoms with Crippen molar-refractivity contribution in [1.29, 1.82) is 0 Å². The molecule has 1 aromatic heterocycles. The van der Waals surface area contributed by atoms with Gasteiger partial charge in [-0.2, -0.15) is 0 Å². The highest BCUT2D eigenvalue weighted by molar-refractivity contribution is 7.11. The van der Waals surface area contributed by atoms with Crippen molar-refractivity contribution in [2.75, 3.05) is 19.6 Å². The van der Waals surface area contributed by atoms with E-state index in [0.717, 1.165) is 19.6 Å². The summed E-state index contributed by atoms with van der Waals surface area (Å²) in [5, 5.41) is 8.32. The van der Waals surface area contributed by atoms with Gasteiger partial charge in [0.25, 0.3) is 0 Å². The molecule has 0 bridgehead atoms. The Kier molecular flexibility index (Phi) is 4.54. The average Bonchev–Trinajstić information content (AvgIpc) is 2.76. The zero-order valence-electron chi connectivity index (χ0n) is 10.9. The van der Waals surface area contributed by atoms with Crippen LogP contribution in [0.3, 0.4) is 0 Å². The van der Waals surface area contributed by atoms with E-state index in [4.69, 9.17) is 0 Å². The Labute approximate surface area is 108 Å². The lowest BCUT2D eigenvalue weighted by molar-refractivity contribution is 0.192. The van der Waals surface area contributed by atoms with Gasteiger partial charge in [-0.15, -0.1) is 11.3 Å². The molecule has 4 heteroatoms. The molecule has 1 atom stereocenters. The van der Waals surface area contributed by atoms with E-state index in [0.29, 0.717) is 5.41 Å². The largest absolute Gasteiger partial charge is 0.316 e. The van der Waals surface area contributed by atoms with Crippen molar-refractivity contribution in [2.45, 2.75) is 39.7 Å². The number of hydrogen-bond donors (Lipinski definition) is 2. The lowest BCUT2D eigenvalue weighted by atomic mass is 9.78. The number of piperidine rings is 1. The predicted octanol–water partition coefficient (Wildman–Crippen LogP) is 2.32. The van der Waals surface area contributed by atoms with Crippen LogP contribution in [0.15, 0.2) is 6.20 Å². The number of nitrogens with one attached hydrogen (secondary N) is 2. The molecule has 0 spiro atoms. The van der Waals surface area contributed by atoms with E-state index in [1.54, 1.807) is 11.3 Å². The Hall–Kier alpha value is -0.450. The molecule has 1 unspecified atom stereocenters. The minimum absolute atomic E-state index is 0.463. The first-order valence-corrected chi connectivity index (χ1v) is 7.38. The number of hydrogen-bond acceptors (Lipinski definition) is 4. The summed E-state index contributed by atoms with van der Waals surface area (Å²) in [5.41, 5.74) is 0.463. The zero-order chi connectivity index (χ0) is 12.1. The second-order valence-electron chi connectivity index (χ2n) is 5.10. The van der Waals surface area contributed by atoms with E-state index in [1.807, 2.05) is 6.20 Å². The van der Waals surface area contributed by atoms with Crippen molar-refractivity contribution in [3.8, 4) is 0 Å². The number of aromatic nitrogens is 1. The first-order chi connectivity index (χ1) is 8.24. The maximum absolute atomic E-state index is 4.39. The van der Waals surface area contributed by atoms with Crippen LogP contribution in [0, 0.1) is 12.3 Å². The minimum atomic E-state index is 0.463. The molecule has 2 heterocycles. The average molecular weight is 253 g/mol. The standard InChI is InChI=1S/C13H23N3S/c1-3-13(5-4-6-14-9-13)10-15-8-12-16-7-11(2)17-12/h7,14-15H,3-6,8-10H2,1-2H3. The topological polar surface area (TPSA) is 37.0 Å². The summed E-state index contributed by atoms with van der Waals surface area (Å²) in [5.74, 6) is 0. The SMILES string of the molecule is CCC1(CNCc2ncc(C)s2)CCCNC1. The van der Waals surface area contributed by atoms with Crippen LogP contribution in [0.4, 0.5) is 0 Å². The molecule has 17 heavy (non-hydrogen) atoms. The predicted molar refractivity (Wildman–Crippen MR) is 73.4 cm³/mol. The van der Waals surface area contributed by atoms with Crippen LogP contribution in [0.2, 0.25) is 0 Å². The van der Waals surface area contributed by atoms with Gasteiger partial charge >= 0.3 is 0 Å². The van der Waals surface area contributed by atoms with Crippen LogP contribution < -0.4 is 10.6 Å². The lowest BCUT2D eigenvalue weighted by Gasteiger charge is -2.37. The third-order valence-corrected chi connectivity index (χ3v) is 4.67. The summed E-state index contributed by atoms with van der Waals surface area (Å²) >= 11 is 1.79. The summed E-state index contributed by atoms with van der Waals surface area (Å²) in [4.78, 5) is 5.68. The molecule has 2 N–H and O–H groups in total. The molecule has 3 nitrogen and oxygen atoms in total. The van der Waals surface area contributed by atoms with Crippen LogP contribution in [0.5, 0.6) is 0 Å². The molecule has 0 aliphatic carbocycles. The fourth-order valence-electron chi connectivity index (χ4n) is 2.53. The fraction of sp³-hybridized carbons (Fsp3) is 0.769. The molecule has 1 aliphatic rings. The molecule has 96 valence electrons. The van der Waals surface area contributed by atoms with E-state index in [2.05, 4.69) is 29.5 Å². The van der Waals surface area contributed by atoms with Crippen molar-refractivity contribution in [1.82, 2.24) is 15.6 Å². The Bertz CT molecular complexity index is 342. The van der Waals surface area contributed by atoms with Gasteiger partial charge in [-0.3, -0.25) is 0 Å². The third kappa shape index (κ3) is 3.50. The highest BCUT2D eigenvalue weighted by Crippen LogP contribution is 2.29. The van der Waals surface area contributed by atoms with Crippen LogP contribution >= 0.6 is 11.3 Å². The summed E-state index contributed by atoms with van der Waals surface area (Å²) in [6.45, 7) is 8.79. The summed E-state index contributed by atoms with van der Waals surface area (Å²) in [6, 6.07) is 0. The quantitative estimate of drug-likeness (QED) is 0.845.